The van der Waals surface area contributed by atoms with Gasteiger partial charge in [-0.2, -0.15) is 0 Å². The third kappa shape index (κ3) is 3.94. The Kier molecular flexibility index (Phi) is 5.45. The van der Waals surface area contributed by atoms with Gasteiger partial charge in [0.2, 0.25) is 0 Å². The molecule has 8 heteroatoms. The number of nitro benzene ring substituents is 1. The average Bonchev–Trinajstić information content (AvgIpc) is 2.58. The van der Waals surface area contributed by atoms with Crippen molar-refractivity contribution in [1.29, 1.82) is 0 Å². The highest BCUT2D eigenvalue weighted by atomic mass is 16.6. The van der Waals surface area contributed by atoms with Gasteiger partial charge < -0.3 is 15.2 Å². The molecule has 0 aromatic heterocycles. The second kappa shape index (κ2) is 7.59. The number of esters is 1. The van der Waals surface area contributed by atoms with Crippen molar-refractivity contribution in [2.24, 2.45) is 11.3 Å². The standard InChI is InChI=1S/C22H26N2O6/c1-11(2)30-21(27)18-12(3)23-14-9-22(4,5)10-17(26)20(14)19(18)13-6-7-16(25)15(8-13)24(28)29/h6-8,11,18-19,23,25H,3,9-10H2,1-2,4-5H3/p-1. The first-order valence-corrected chi connectivity index (χ1v) is 9.79. The molecule has 0 amide bonds. The number of benzene rings is 1. The topological polar surface area (TPSA) is 122 Å². The zero-order valence-corrected chi connectivity index (χ0v) is 17.5. The van der Waals surface area contributed by atoms with Crippen molar-refractivity contribution < 1.29 is 24.4 Å². The van der Waals surface area contributed by atoms with Crippen molar-refractivity contribution in [2.75, 3.05) is 0 Å². The Morgan fingerprint density at radius 3 is 2.60 bits per heavy atom. The molecule has 0 bridgehead atoms. The maximum absolute atomic E-state index is 13.1. The summed E-state index contributed by atoms with van der Waals surface area (Å²) in [7, 11) is 0. The van der Waals surface area contributed by atoms with Crippen LogP contribution in [0, 0.1) is 21.4 Å². The van der Waals surface area contributed by atoms with Crippen molar-refractivity contribution in [3.63, 3.8) is 0 Å². The van der Waals surface area contributed by atoms with Crippen molar-refractivity contribution in [1.82, 2.24) is 5.32 Å². The summed E-state index contributed by atoms with van der Waals surface area (Å²) in [6.45, 7) is 11.4. The number of nitro groups is 1. The molecule has 30 heavy (non-hydrogen) atoms. The second-order valence-corrected chi connectivity index (χ2v) is 8.91. The van der Waals surface area contributed by atoms with E-state index in [0.717, 1.165) is 12.1 Å². The number of ether oxygens (including phenoxy) is 1. The van der Waals surface area contributed by atoms with E-state index < -0.39 is 34.2 Å². The number of hydrogen-bond acceptors (Lipinski definition) is 7. The molecular weight excluding hydrogens is 388 g/mol. The molecule has 2 atom stereocenters. The fraction of sp³-hybridized carbons (Fsp3) is 0.455. The summed E-state index contributed by atoms with van der Waals surface area (Å²) in [6.07, 6.45) is 0.460. The van der Waals surface area contributed by atoms with Crippen LogP contribution in [0.3, 0.4) is 0 Å². The second-order valence-electron chi connectivity index (χ2n) is 8.91. The van der Waals surface area contributed by atoms with Crippen LogP contribution in [0.2, 0.25) is 0 Å². The molecule has 2 unspecified atom stereocenters. The summed E-state index contributed by atoms with van der Waals surface area (Å²) >= 11 is 0. The lowest BCUT2D eigenvalue weighted by Crippen LogP contribution is -2.44. The summed E-state index contributed by atoms with van der Waals surface area (Å²) < 4.78 is 5.40. The maximum atomic E-state index is 13.1. The van der Waals surface area contributed by atoms with E-state index in [-0.39, 0.29) is 23.7 Å². The molecule has 8 nitrogen and oxygen atoms in total. The van der Waals surface area contributed by atoms with Crippen LogP contribution in [0.5, 0.6) is 5.75 Å². The largest absolute Gasteiger partial charge is 0.868 e. The Hall–Kier alpha value is -3.16. The monoisotopic (exact) mass is 413 g/mol. The molecule has 0 fully saturated rings. The normalized spacial score (nSPS) is 23.1. The van der Waals surface area contributed by atoms with Crippen LogP contribution < -0.4 is 10.4 Å². The molecule has 0 radical (unpaired) electrons. The van der Waals surface area contributed by atoms with Crippen LogP contribution in [0.15, 0.2) is 41.7 Å². The summed E-state index contributed by atoms with van der Waals surface area (Å²) in [5.41, 5.74) is 0.899. The lowest BCUT2D eigenvalue weighted by molar-refractivity contribution is -0.398. The zero-order chi connectivity index (χ0) is 22.4. The van der Waals surface area contributed by atoms with Gasteiger partial charge in [-0.3, -0.25) is 19.7 Å². The molecule has 1 heterocycles. The predicted molar refractivity (Wildman–Crippen MR) is 107 cm³/mol. The molecule has 0 saturated carbocycles. The van der Waals surface area contributed by atoms with E-state index in [0.29, 0.717) is 29.0 Å². The van der Waals surface area contributed by atoms with Crippen LogP contribution in [0.4, 0.5) is 5.69 Å². The van der Waals surface area contributed by atoms with Gasteiger partial charge in [0.05, 0.1) is 11.0 Å². The number of ketones is 1. The highest BCUT2D eigenvalue weighted by molar-refractivity contribution is 6.01. The molecule has 3 rings (SSSR count). The Morgan fingerprint density at radius 2 is 2.00 bits per heavy atom. The third-order valence-electron chi connectivity index (χ3n) is 5.40. The van der Waals surface area contributed by atoms with Gasteiger partial charge in [-0.05, 0) is 37.0 Å². The Labute approximate surface area is 174 Å². The fourth-order valence-corrected chi connectivity index (χ4v) is 4.26. The van der Waals surface area contributed by atoms with Crippen molar-refractivity contribution in [3.8, 4) is 5.75 Å². The zero-order valence-electron chi connectivity index (χ0n) is 17.5. The van der Waals surface area contributed by atoms with E-state index in [2.05, 4.69) is 11.9 Å². The highest BCUT2D eigenvalue weighted by Gasteiger charge is 2.47. The van der Waals surface area contributed by atoms with Crippen LogP contribution >= 0.6 is 0 Å². The molecule has 1 aromatic carbocycles. The average molecular weight is 413 g/mol. The summed E-state index contributed by atoms with van der Waals surface area (Å²) in [6, 6.07) is 3.69. The van der Waals surface area contributed by atoms with Gasteiger partial charge in [-0.15, -0.1) is 0 Å². The number of rotatable bonds is 4. The van der Waals surface area contributed by atoms with Crippen LogP contribution in [0.25, 0.3) is 0 Å². The van der Waals surface area contributed by atoms with Crippen molar-refractivity contribution in [3.05, 3.63) is 57.4 Å². The minimum atomic E-state index is -0.951. The summed E-state index contributed by atoms with van der Waals surface area (Å²) in [4.78, 5) is 36.6. The highest BCUT2D eigenvalue weighted by Crippen LogP contribution is 2.49. The van der Waals surface area contributed by atoms with E-state index in [1.807, 2.05) is 13.8 Å². The van der Waals surface area contributed by atoms with Crippen LogP contribution in [0.1, 0.15) is 52.0 Å². The first-order valence-electron chi connectivity index (χ1n) is 9.79. The van der Waals surface area contributed by atoms with Gasteiger partial charge in [0, 0.05) is 35.4 Å². The number of allylic oxidation sites excluding steroid dienone is 2. The predicted octanol–water partition coefficient (Wildman–Crippen LogP) is 3.08. The van der Waals surface area contributed by atoms with Crippen molar-refractivity contribution >= 4 is 17.4 Å². The molecule has 0 spiro atoms. The number of carbonyl (C=O) groups is 2. The number of carbonyl (C=O) groups excluding carboxylic acids is 2. The molecular formula is C22H25N2O6-. The molecule has 160 valence electrons. The fourth-order valence-electron chi connectivity index (χ4n) is 4.26. The van der Waals surface area contributed by atoms with E-state index in [1.165, 1.54) is 6.07 Å². The molecule has 1 N–H and O–H groups in total. The Bertz CT molecular complexity index is 976. The first-order chi connectivity index (χ1) is 13.9. The van der Waals surface area contributed by atoms with Gasteiger partial charge in [0.25, 0.3) is 5.69 Å². The van der Waals surface area contributed by atoms with Gasteiger partial charge in [-0.1, -0.05) is 32.6 Å². The lowest BCUT2D eigenvalue weighted by Gasteiger charge is -2.42. The van der Waals surface area contributed by atoms with Crippen LogP contribution in [-0.4, -0.2) is 22.8 Å². The Morgan fingerprint density at radius 1 is 1.33 bits per heavy atom. The van der Waals surface area contributed by atoms with Crippen LogP contribution in [-0.2, 0) is 14.3 Å². The Balaban J connectivity index is 2.21. The molecule has 1 aliphatic heterocycles. The van der Waals surface area contributed by atoms with E-state index in [9.17, 15) is 24.8 Å². The molecule has 0 saturated heterocycles. The SMILES string of the molecule is C=C1NC2=C(C(=O)CC(C)(C)C2)C(c2ccc([O-])c([N+](=O)[O-])c2)C1C(=O)OC(C)C. The minimum absolute atomic E-state index is 0.137. The third-order valence-corrected chi connectivity index (χ3v) is 5.40. The van der Waals surface area contributed by atoms with Gasteiger partial charge in [0.15, 0.2) is 5.78 Å². The summed E-state index contributed by atoms with van der Waals surface area (Å²) in [5.74, 6) is -3.22. The van der Waals surface area contributed by atoms with Crippen molar-refractivity contribution in [2.45, 2.75) is 52.6 Å². The molecule has 2 aliphatic rings. The summed E-state index contributed by atoms with van der Waals surface area (Å²) in [5, 5.41) is 26.4. The first kappa shape index (κ1) is 21.5. The lowest BCUT2D eigenvalue weighted by atomic mass is 9.66. The molecule has 1 aliphatic carbocycles. The van der Waals surface area contributed by atoms with E-state index in [4.69, 9.17) is 4.74 Å². The minimum Gasteiger partial charge on any atom is -0.868 e. The number of Topliss-reactive ketones (excluding diaryl/α,β-unsaturated/α-hetero) is 1. The number of hydrogen-bond donors (Lipinski definition) is 1. The number of nitrogens with one attached hydrogen (secondary N) is 1. The molecule has 1 aromatic rings. The smallest absolute Gasteiger partial charge is 0.316 e. The van der Waals surface area contributed by atoms with E-state index >= 15 is 0 Å². The van der Waals surface area contributed by atoms with E-state index in [1.54, 1.807) is 13.8 Å². The quantitative estimate of drug-likeness (QED) is 0.457. The number of nitrogens with zero attached hydrogens (tertiary/aromatic N) is 1. The van der Waals surface area contributed by atoms with Gasteiger partial charge >= 0.3 is 5.97 Å². The van der Waals surface area contributed by atoms with Gasteiger partial charge in [0.1, 0.15) is 5.92 Å². The van der Waals surface area contributed by atoms with Gasteiger partial charge in [-0.25, -0.2) is 0 Å². The maximum Gasteiger partial charge on any atom is 0.316 e.